The normalized spacial score (nSPS) is 23.4. The molecule has 1 aliphatic rings. The fraction of sp³-hybridized carbons (Fsp3) is 0.689. The standard InChI is InChI=1S/C45H75O14P/c1-3-4-5-6-7-8-9-13-17-20-23-26-29-32-38(47)56-34-37(35-57-60(54,55)59-45-43(52)41(50)40(49)42(51)44(45)53)58-39(48)33-30-27-24-21-18-15-12-10-11-14-16-19-22-25-28-31-36(2)46/h5-6,8-9,11-12,14-15,19,21-22,24,36-37,40-46,49-53H,3-4,7,10,13,16-18,20,23,25-35H2,1-2H3,(H,54,55)/b6-5-,9-8-,14-11-,15-12-,22-19-,24-21-/t36-,37+,40?,41-,42+,43+,44+,45?/m0/s1. The van der Waals surface area contributed by atoms with Crippen molar-refractivity contribution in [3.8, 4) is 0 Å². The second-order valence-corrected chi connectivity index (χ2v) is 16.5. The molecule has 1 aliphatic carbocycles. The smallest absolute Gasteiger partial charge is 0.462 e. The van der Waals surface area contributed by atoms with Crippen molar-refractivity contribution in [2.45, 2.75) is 185 Å². The van der Waals surface area contributed by atoms with Crippen molar-refractivity contribution in [3.63, 3.8) is 0 Å². The van der Waals surface area contributed by atoms with Gasteiger partial charge in [0.2, 0.25) is 0 Å². The predicted octanol–water partition coefficient (Wildman–Crippen LogP) is 6.91. The zero-order valence-corrected chi connectivity index (χ0v) is 36.7. The van der Waals surface area contributed by atoms with Gasteiger partial charge in [-0.1, -0.05) is 106 Å². The first-order valence-corrected chi connectivity index (χ1v) is 23.3. The van der Waals surface area contributed by atoms with E-state index in [4.69, 9.17) is 18.5 Å². The maximum atomic E-state index is 12.8. The van der Waals surface area contributed by atoms with E-state index in [0.717, 1.165) is 89.9 Å². The Morgan fingerprint density at radius 3 is 1.58 bits per heavy atom. The third-order valence-corrected chi connectivity index (χ3v) is 10.5. The lowest BCUT2D eigenvalue weighted by Crippen LogP contribution is -2.64. The van der Waals surface area contributed by atoms with Gasteiger partial charge < -0.3 is 45.0 Å². The minimum Gasteiger partial charge on any atom is -0.462 e. The van der Waals surface area contributed by atoms with Crippen molar-refractivity contribution in [2.75, 3.05) is 13.2 Å². The number of phosphoric ester groups is 1. The fourth-order valence-electron chi connectivity index (χ4n) is 5.98. The van der Waals surface area contributed by atoms with Crippen molar-refractivity contribution in [3.05, 3.63) is 72.9 Å². The first-order valence-electron chi connectivity index (χ1n) is 21.8. The summed E-state index contributed by atoms with van der Waals surface area (Å²) >= 11 is 0. The molecule has 0 saturated heterocycles. The number of unbranched alkanes of at least 4 members (excludes halogenated alkanes) is 8. The summed E-state index contributed by atoms with van der Waals surface area (Å²) in [6.45, 7) is 2.70. The molecule has 0 heterocycles. The third-order valence-electron chi connectivity index (χ3n) is 9.52. The van der Waals surface area contributed by atoms with Crippen LogP contribution in [0, 0.1) is 0 Å². The Morgan fingerprint density at radius 1 is 0.583 bits per heavy atom. The second-order valence-electron chi connectivity index (χ2n) is 15.1. The highest BCUT2D eigenvalue weighted by molar-refractivity contribution is 7.47. The van der Waals surface area contributed by atoms with Crippen LogP contribution in [0.15, 0.2) is 72.9 Å². The van der Waals surface area contributed by atoms with Crippen LogP contribution in [0.1, 0.15) is 136 Å². The number of carbonyl (C=O) groups is 2. The van der Waals surface area contributed by atoms with Crippen LogP contribution in [-0.4, -0.2) is 110 Å². The first kappa shape index (κ1) is 55.3. The molecule has 3 unspecified atom stereocenters. The van der Waals surface area contributed by atoms with Crippen LogP contribution in [0.2, 0.25) is 0 Å². The lowest BCUT2D eigenvalue weighted by molar-refractivity contribution is -0.220. The quantitative estimate of drug-likeness (QED) is 0.0151. The molecule has 0 spiro atoms. The monoisotopic (exact) mass is 870 g/mol. The van der Waals surface area contributed by atoms with Gasteiger partial charge in [-0.15, -0.1) is 0 Å². The van der Waals surface area contributed by atoms with Crippen molar-refractivity contribution in [2.24, 2.45) is 0 Å². The molecule has 14 nitrogen and oxygen atoms in total. The van der Waals surface area contributed by atoms with Gasteiger partial charge in [-0.2, -0.15) is 0 Å². The van der Waals surface area contributed by atoms with Gasteiger partial charge in [0, 0.05) is 12.8 Å². The molecule has 0 aromatic rings. The van der Waals surface area contributed by atoms with Crippen molar-refractivity contribution in [1.29, 1.82) is 0 Å². The summed E-state index contributed by atoms with van der Waals surface area (Å²) < 4.78 is 33.4. The topological polar surface area (TPSA) is 230 Å². The number of ether oxygens (including phenoxy) is 2. The Hall–Kier alpha value is -2.75. The Kier molecular flexibility index (Phi) is 32.0. The molecule has 1 fully saturated rings. The minimum atomic E-state index is -5.14. The number of aliphatic hydroxyl groups is 6. The minimum absolute atomic E-state index is 0.00205. The van der Waals surface area contributed by atoms with Gasteiger partial charge in [0.05, 0.1) is 12.7 Å². The maximum Gasteiger partial charge on any atom is 0.472 e. The molecule has 1 saturated carbocycles. The molecule has 0 aromatic heterocycles. The van der Waals surface area contributed by atoms with Crippen LogP contribution in [0.3, 0.4) is 0 Å². The number of hydrogen-bond donors (Lipinski definition) is 7. The van der Waals surface area contributed by atoms with Crippen LogP contribution in [-0.2, 0) is 32.7 Å². The summed E-state index contributed by atoms with van der Waals surface area (Å²) in [5.41, 5.74) is 0. The Balaban J connectivity index is 2.55. The molecular formula is C45H75O14P. The summed E-state index contributed by atoms with van der Waals surface area (Å²) in [6.07, 6.45) is 26.7. The van der Waals surface area contributed by atoms with Gasteiger partial charge in [-0.05, 0) is 90.4 Å². The van der Waals surface area contributed by atoms with Gasteiger partial charge in [0.1, 0.15) is 43.2 Å². The van der Waals surface area contributed by atoms with Crippen LogP contribution in [0.5, 0.6) is 0 Å². The molecule has 15 heteroatoms. The highest BCUT2D eigenvalue weighted by Gasteiger charge is 2.51. The molecule has 0 amide bonds. The predicted molar refractivity (Wildman–Crippen MR) is 231 cm³/mol. The SMILES string of the molecule is CCC/C=C\C/C=C\CCCCCCCC(=O)OC[C@H](COP(=O)(O)OC1[C@H](O)[C@H](O)C(O)[C@H](O)[C@H]1O)OC(=O)CCC/C=C\C/C=C\C/C=C\C/C=C\CCC[C@H](C)O. The van der Waals surface area contributed by atoms with E-state index in [1.54, 1.807) is 6.92 Å². The van der Waals surface area contributed by atoms with Crippen molar-refractivity contribution >= 4 is 19.8 Å². The Bertz CT molecular complexity index is 1340. The highest BCUT2D eigenvalue weighted by atomic mass is 31.2. The van der Waals surface area contributed by atoms with E-state index in [2.05, 4.69) is 67.7 Å². The number of esters is 2. The summed E-state index contributed by atoms with van der Waals surface area (Å²) in [7, 11) is -5.14. The lowest BCUT2D eigenvalue weighted by atomic mass is 9.85. The third kappa shape index (κ3) is 28.0. The molecule has 9 atom stereocenters. The summed E-state index contributed by atoms with van der Waals surface area (Å²) in [5.74, 6) is -1.21. The molecule has 7 N–H and O–H groups in total. The summed E-state index contributed by atoms with van der Waals surface area (Å²) in [4.78, 5) is 35.6. The summed E-state index contributed by atoms with van der Waals surface area (Å²) in [6, 6.07) is 0. The number of hydrogen-bond acceptors (Lipinski definition) is 13. The van der Waals surface area contributed by atoms with E-state index < -0.39 is 75.7 Å². The Labute approximate surface area is 358 Å². The zero-order chi connectivity index (χ0) is 44.4. The molecule has 60 heavy (non-hydrogen) atoms. The van der Waals surface area contributed by atoms with Crippen LogP contribution >= 0.6 is 7.82 Å². The number of carbonyl (C=O) groups excluding carboxylic acids is 2. The van der Waals surface area contributed by atoms with E-state index in [1.807, 2.05) is 12.2 Å². The Morgan fingerprint density at radius 2 is 1.03 bits per heavy atom. The summed E-state index contributed by atoms with van der Waals surface area (Å²) in [5, 5.41) is 59.3. The van der Waals surface area contributed by atoms with Gasteiger partial charge in [0.15, 0.2) is 6.10 Å². The number of aliphatic hydroxyl groups excluding tert-OH is 6. The molecule has 0 bridgehead atoms. The second kappa shape index (κ2) is 34.8. The van der Waals surface area contributed by atoms with Gasteiger partial charge >= 0.3 is 19.8 Å². The zero-order valence-electron chi connectivity index (χ0n) is 35.8. The molecule has 0 aromatic carbocycles. The van der Waals surface area contributed by atoms with Gasteiger partial charge in [0.25, 0.3) is 0 Å². The average Bonchev–Trinajstić information content (AvgIpc) is 3.21. The van der Waals surface area contributed by atoms with Crippen molar-refractivity contribution in [1.82, 2.24) is 0 Å². The van der Waals surface area contributed by atoms with Crippen molar-refractivity contribution < 1.29 is 68.2 Å². The number of phosphoric acid groups is 1. The van der Waals surface area contributed by atoms with E-state index in [-0.39, 0.29) is 18.9 Å². The first-order chi connectivity index (χ1) is 28.8. The lowest BCUT2D eigenvalue weighted by Gasteiger charge is -2.41. The van der Waals surface area contributed by atoms with E-state index in [9.17, 15) is 49.7 Å². The van der Waals surface area contributed by atoms with Crippen LogP contribution < -0.4 is 0 Å². The molecule has 0 radical (unpaired) electrons. The fourth-order valence-corrected chi connectivity index (χ4v) is 6.95. The largest absolute Gasteiger partial charge is 0.472 e. The van der Waals surface area contributed by atoms with Crippen LogP contribution in [0.4, 0.5) is 0 Å². The van der Waals surface area contributed by atoms with E-state index in [1.165, 1.54) is 0 Å². The molecule has 0 aliphatic heterocycles. The van der Waals surface area contributed by atoms with E-state index >= 15 is 0 Å². The molecule has 1 rings (SSSR count). The highest BCUT2D eigenvalue weighted by Crippen LogP contribution is 2.47. The molecular weight excluding hydrogens is 795 g/mol. The van der Waals surface area contributed by atoms with Gasteiger partial charge in [-0.25, -0.2) is 4.57 Å². The molecule has 344 valence electrons. The van der Waals surface area contributed by atoms with Gasteiger partial charge in [-0.3, -0.25) is 18.6 Å². The van der Waals surface area contributed by atoms with Crippen LogP contribution in [0.25, 0.3) is 0 Å². The van der Waals surface area contributed by atoms with E-state index in [0.29, 0.717) is 19.3 Å². The number of allylic oxidation sites excluding steroid dienone is 12. The maximum absolute atomic E-state index is 12.8. The average molecular weight is 871 g/mol. The number of rotatable bonds is 34.